The van der Waals surface area contributed by atoms with Gasteiger partial charge in [-0.2, -0.15) is 4.39 Å². The molecule has 21 heavy (non-hydrogen) atoms. The third kappa shape index (κ3) is 3.91. The van der Waals surface area contributed by atoms with Crippen molar-refractivity contribution in [3.05, 3.63) is 54.6 Å². The summed E-state index contributed by atoms with van der Waals surface area (Å²) in [6, 6.07) is 16.9. The molecule has 2 rings (SSSR count). The van der Waals surface area contributed by atoms with E-state index in [1.807, 2.05) is 42.5 Å². The minimum absolute atomic E-state index is 0.347. The Labute approximate surface area is 124 Å². The van der Waals surface area contributed by atoms with E-state index in [-0.39, 0.29) is 0 Å². The van der Waals surface area contributed by atoms with E-state index in [0.717, 1.165) is 11.1 Å². The summed E-state index contributed by atoms with van der Waals surface area (Å²) in [4.78, 5) is 11.8. The lowest BCUT2D eigenvalue weighted by atomic mass is 9.91. The van der Waals surface area contributed by atoms with Crippen molar-refractivity contribution in [1.29, 1.82) is 0 Å². The molecule has 0 amide bonds. The molecule has 0 aromatic heterocycles. The zero-order valence-electron chi connectivity index (χ0n) is 12.5. The van der Waals surface area contributed by atoms with Crippen molar-refractivity contribution < 1.29 is 13.9 Å². The van der Waals surface area contributed by atoms with E-state index >= 15 is 0 Å². The zero-order chi connectivity index (χ0) is 15.5. The van der Waals surface area contributed by atoms with Crippen LogP contribution in [-0.2, 0) is 4.79 Å². The van der Waals surface area contributed by atoms with Gasteiger partial charge in [-0.05, 0) is 23.3 Å². The smallest absolute Gasteiger partial charge is 0.297 e. The van der Waals surface area contributed by atoms with Gasteiger partial charge in [0.15, 0.2) is 0 Å². The number of rotatable bonds is 4. The van der Waals surface area contributed by atoms with Crippen molar-refractivity contribution in [3.8, 4) is 16.9 Å². The Morgan fingerprint density at radius 1 is 0.952 bits per heavy atom. The average Bonchev–Trinajstić information content (AvgIpc) is 2.47. The fourth-order valence-electron chi connectivity index (χ4n) is 1.87. The van der Waals surface area contributed by atoms with Crippen molar-refractivity contribution in [2.75, 3.05) is 0 Å². The van der Waals surface area contributed by atoms with Gasteiger partial charge in [-0.3, -0.25) is 4.79 Å². The molecule has 2 aromatic carbocycles. The zero-order valence-corrected chi connectivity index (χ0v) is 12.5. The summed E-state index contributed by atoms with van der Waals surface area (Å²) in [7, 11) is 0. The summed E-state index contributed by atoms with van der Waals surface area (Å²) in [6.07, 6.45) is -1.94. The van der Waals surface area contributed by atoms with Crippen LogP contribution in [0, 0.1) is 5.41 Å². The van der Waals surface area contributed by atoms with Crippen LogP contribution in [0.5, 0.6) is 5.75 Å². The summed E-state index contributed by atoms with van der Waals surface area (Å²) in [5.41, 5.74) is 1.33. The summed E-state index contributed by atoms with van der Waals surface area (Å²) in [5, 5.41) is 0. The van der Waals surface area contributed by atoms with Gasteiger partial charge in [-0.1, -0.05) is 63.2 Å². The van der Waals surface area contributed by atoms with Gasteiger partial charge in [-0.15, -0.1) is 0 Å². The Hall–Kier alpha value is -2.16. The maximum Gasteiger partial charge on any atom is 0.297 e. The lowest BCUT2D eigenvalue weighted by Crippen LogP contribution is -2.33. The highest BCUT2D eigenvalue weighted by atomic mass is 19.1. The Bertz CT molecular complexity index is 597. The van der Waals surface area contributed by atoms with Crippen molar-refractivity contribution in [2.24, 2.45) is 5.41 Å². The van der Waals surface area contributed by atoms with Crippen LogP contribution >= 0.6 is 0 Å². The first kappa shape index (κ1) is 15.2. The molecule has 3 heteroatoms. The molecule has 0 saturated heterocycles. The molecular weight excluding hydrogens is 267 g/mol. The second-order valence-electron chi connectivity index (χ2n) is 5.94. The standard InChI is InChI=1S/C18H19FO2/c1-18(2,3)16(20)17(19)21-15-11-9-14(10-12-15)13-7-5-4-6-8-13/h4-12,17H,1-3H3. The maximum atomic E-state index is 13.8. The van der Waals surface area contributed by atoms with Crippen LogP contribution in [0.1, 0.15) is 20.8 Å². The number of halogens is 1. The minimum atomic E-state index is -1.94. The molecule has 0 radical (unpaired) electrons. The minimum Gasteiger partial charge on any atom is -0.453 e. The molecule has 0 N–H and O–H groups in total. The number of alkyl halides is 1. The fraction of sp³-hybridized carbons (Fsp3) is 0.278. The fourth-order valence-corrected chi connectivity index (χ4v) is 1.87. The van der Waals surface area contributed by atoms with E-state index in [9.17, 15) is 9.18 Å². The van der Waals surface area contributed by atoms with Crippen LogP contribution in [0.15, 0.2) is 54.6 Å². The topological polar surface area (TPSA) is 26.3 Å². The molecule has 0 saturated carbocycles. The molecule has 110 valence electrons. The van der Waals surface area contributed by atoms with E-state index < -0.39 is 17.6 Å². The summed E-state index contributed by atoms with van der Waals surface area (Å²) >= 11 is 0. The molecule has 0 fully saturated rings. The van der Waals surface area contributed by atoms with E-state index in [1.54, 1.807) is 32.9 Å². The first-order valence-corrected chi connectivity index (χ1v) is 6.88. The summed E-state index contributed by atoms with van der Waals surface area (Å²) < 4.78 is 18.9. The highest BCUT2D eigenvalue weighted by Crippen LogP contribution is 2.25. The van der Waals surface area contributed by atoms with Gasteiger partial charge < -0.3 is 4.74 Å². The highest BCUT2D eigenvalue weighted by molar-refractivity contribution is 5.86. The van der Waals surface area contributed by atoms with Crippen LogP contribution in [0.25, 0.3) is 11.1 Å². The molecule has 0 aliphatic rings. The van der Waals surface area contributed by atoms with Crippen molar-refractivity contribution in [1.82, 2.24) is 0 Å². The van der Waals surface area contributed by atoms with Crippen LogP contribution in [0.4, 0.5) is 4.39 Å². The van der Waals surface area contributed by atoms with Crippen LogP contribution in [0.3, 0.4) is 0 Å². The van der Waals surface area contributed by atoms with Crippen LogP contribution in [-0.4, -0.2) is 12.1 Å². The van der Waals surface area contributed by atoms with Crippen molar-refractivity contribution in [2.45, 2.75) is 27.1 Å². The number of Topliss-reactive ketones (excluding diaryl/α,β-unsaturated/α-hetero) is 1. The van der Waals surface area contributed by atoms with Gasteiger partial charge in [0.1, 0.15) is 5.75 Å². The first-order valence-electron chi connectivity index (χ1n) is 6.88. The predicted octanol–water partition coefficient (Wildman–Crippen LogP) is 4.64. The van der Waals surface area contributed by atoms with Crippen molar-refractivity contribution in [3.63, 3.8) is 0 Å². The number of benzene rings is 2. The molecule has 0 aliphatic heterocycles. The van der Waals surface area contributed by atoms with E-state index in [1.165, 1.54) is 0 Å². The SMILES string of the molecule is CC(C)(C)C(=O)C(F)Oc1ccc(-c2ccccc2)cc1. The first-order chi connectivity index (χ1) is 9.88. The highest BCUT2D eigenvalue weighted by Gasteiger charge is 2.31. The second-order valence-corrected chi connectivity index (χ2v) is 5.94. The third-order valence-electron chi connectivity index (χ3n) is 3.15. The number of carbonyl (C=O) groups is 1. The van der Waals surface area contributed by atoms with Gasteiger partial charge in [-0.25, -0.2) is 0 Å². The van der Waals surface area contributed by atoms with E-state index in [0.29, 0.717) is 5.75 Å². The molecule has 2 aromatic rings. The Balaban J connectivity index is 2.08. The molecule has 1 atom stereocenters. The van der Waals surface area contributed by atoms with Gasteiger partial charge in [0, 0.05) is 5.41 Å². The molecule has 1 unspecified atom stereocenters. The largest absolute Gasteiger partial charge is 0.453 e. The molecular formula is C18H19FO2. The Morgan fingerprint density at radius 3 is 2.00 bits per heavy atom. The Morgan fingerprint density at radius 2 is 1.48 bits per heavy atom. The summed E-state index contributed by atoms with van der Waals surface area (Å²) in [5.74, 6) is -0.214. The molecule has 0 aliphatic carbocycles. The van der Waals surface area contributed by atoms with Crippen molar-refractivity contribution >= 4 is 5.78 Å². The molecule has 0 bridgehead atoms. The normalized spacial score (nSPS) is 12.8. The van der Waals surface area contributed by atoms with Gasteiger partial charge >= 0.3 is 0 Å². The lowest BCUT2D eigenvalue weighted by Gasteiger charge is -2.20. The number of carbonyl (C=O) groups excluding carboxylic acids is 1. The second kappa shape index (κ2) is 6.08. The monoisotopic (exact) mass is 286 g/mol. The van der Waals surface area contributed by atoms with E-state index in [4.69, 9.17) is 4.74 Å². The van der Waals surface area contributed by atoms with Gasteiger partial charge in [0.05, 0.1) is 0 Å². The number of hydrogen-bond donors (Lipinski definition) is 0. The maximum absolute atomic E-state index is 13.8. The summed E-state index contributed by atoms with van der Waals surface area (Å²) in [6.45, 7) is 5.01. The van der Waals surface area contributed by atoms with E-state index in [2.05, 4.69) is 0 Å². The Kier molecular flexibility index (Phi) is 4.41. The van der Waals surface area contributed by atoms with Crippen LogP contribution < -0.4 is 4.74 Å². The quantitative estimate of drug-likeness (QED) is 0.818. The predicted molar refractivity (Wildman–Crippen MR) is 81.9 cm³/mol. The number of ether oxygens (including phenoxy) is 1. The lowest BCUT2D eigenvalue weighted by molar-refractivity contribution is -0.141. The number of ketones is 1. The third-order valence-corrected chi connectivity index (χ3v) is 3.15. The molecule has 2 nitrogen and oxygen atoms in total. The van der Waals surface area contributed by atoms with Gasteiger partial charge in [0.25, 0.3) is 6.36 Å². The molecule has 0 heterocycles. The number of hydrogen-bond acceptors (Lipinski definition) is 2. The van der Waals surface area contributed by atoms with Gasteiger partial charge in [0.2, 0.25) is 5.78 Å². The van der Waals surface area contributed by atoms with Crippen LogP contribution in [0.2, 0.25) is 0 Å². The average molecular weight is 286 g/mol. The molecule has 0 spiro atoms.